The number of carbonyl (C=O) groups excluding carboxylic acids is 3. The highest BCUT2D eigenvalue weighted by atomic mass is 16.6. The third kappa shape index (κ3) is 9.93. The van der Waals surface area contributed by atoms with E-state index in [1.807, 2.05) is 45.0 Å². The minimum Gasteiger partial charge on any atom is -0.508 e. The van der Waals surface area contributed by atoms with Crippen molar-refractivity contribution in [2.45, 2.75) is 97.9 Å². The molecule has 214 valence electrons. The standard InChI is InChI=1S/C31H45N3O5/c1-8-12-22(4)32-28(36)27(25-14-11-10-13-21(25)3)34(19-9-2)29(37)26(33-30(38)39-31(5,6)7)20-23-15-17-24(35)18-16-23/h10-11,13-18,22,26-27,35H,8-9,12,19-20H2,1-7H3,(H,32,36)(H,33,38). The number of phenols is 1. The Kier molecular flexibility index (Phi) is 11.8. The molecule has 8 nitrogen and oxygen atoms in total. The van der Waals surface area contributed by atoms with Crippen LogP contribution in [0, 0.1) is 6.92 Å². The molecule has 0 aromatic heterocycles. The van der Waals surface area contributed by atoms with Gasteiger partial charge in [0.1, 0.15) is 23.4 Å². The van der Waals surface area contributed by atoms with Gasteiger partial charge in [0.25, 0.3) is 0 Å². The van der Waals surface area contributed by atoms with Crippen molar-refractivity contribution in [3.05, 3.63) is 65.2 Å². The highest BCUT2D eigenvalue weighted by Gasteiger charge is 2.37. The fraction of sp³-hybridized carbons (Fsp3) is 0.516. The van der Waals surface area contributed by atoms with Crippen LogP contribution in [0.4, 0.5) is 4.79 Å². The quantitative estimate of drug-likeness (QED) is 0.334. The number of hydrogen-bond donors (Lipinski definition) is 3. The third-order valence-electron chi connectivity index (χ3n) is 6.27. The van der Waals surface area contributed by atoms with E-state index in [0.717, 1.165) is 29.5 Å². The van der Waals surface area contributed by atoms with Crippen molar-refractivity contribution < 1.29 is 24.2 Å². The van der Waals surface area contributed by atoms with E-state index in [2.05, 4.69) is 17.6 Å². The van der Waals surface area contributed by atoms with Gasteiger partial charge in [0.2, 0.25) is 11.8 Å². The summed E-state index contributed by atoms with van der Waals surface area (Å²) in [7, 11) is 0. The third-order valence-corrected chi connectivity index (χ3v) is 6.27. The number of phenolic OH excluding ortho intramolecular Hbond substituents is 1. The van der Waals surface area contributed by atoms with Crippen LogP contribution in [-0.2, 0) is 20.7 Å². The van der Waals surface area contributed by atoms with E-state index in [1.165, 1.54) is 12.1 Å². The molecular weight excluding hydrogens is 494 g/mol. The Morgan fingerprint density at radius 2 is 1.62 bits per heavy atom. The van der Waals surface area contributed by atoms with E-state index in [9.17, 15) is 19.5 Å². The van der Waals surface area contributed by atoms with Gasteiger partial charge in [-0.25, -0.2) is 4.79 Å². The molecule has 0 fully saturated rings. The molecule has 2 aromatic carbocycles. The molecule has 0 heterocycles. The first-order valence-electron chi connectivity index (χ1n) is 13.8. The van der Waals surface area contributed by atoms with E-state index >= 15 is 0 Å². The SMILES string of the molecule is CCCC(C)NC(=O)C(c1ccccc1C)N(CCC)C(=O)C(Cc1ccc(O)cc1)NC(=O)OC(C)(C)C. The van der Waals surface area contributed by atoms with Gasteiger partial charge < -0.3 is 25.4 Å². The van der Waals surface area contributed by atoms with Crippen molar-refractivity contribution in [1.29, 1.82) is 0 Å². The summed E-state index contributed by atoms with van der Waals surface area (Å²) >= 11 is 0. The van der Waals surface area contributed by atoms with Crippen LogP contribution in [0.2, 0.25) is 0 Å². The molecule has 0 saturated heterocycles. The first kappa shape index (κ1) is 31.7. The van der Waals surface area contributed by atoms with Crippen LogP contribution in [0.1, 0.15) is 83.5 Å². The molecule has 0 spiro atoms. The second kappa shape index (κ2) is 14.6. The molecule has 3 atom stereocenters. The van der Waals surface area contributed by atoms with Gasteiger partial charge in [-0.15, -0.1) is 0 Å². The second-order valence-electron chi connectivity index (χ2n) is 11.1. The lowest BCUT2D eigenvalue weighted by Crippen LogP contribution is -2.54. The maximum absolute atomic E-state index is 14.3. The number of nitrogens with one attached hydrogen (secondary N) is 2. The largest absolute Gasteiger partial charge is 0.508 e. The molecule has 0 radical (unpaired) electrons. The number of aromatic hydroxyl groups is 1. The average Bonchev–Trinajstić information content (AvgIpc) is 2.84. The summed E-state index contributed by atoms with van der Waals surface area (Å²) in [5, 5.41) is 15.6. The van der Waals surface area contributed by atoms with Crippen molar-refractivity contribution in [2.75, 3.05) is 6.54 Å². The van der Waals surface area contributed by atoms with Crippen molar-refractivity contribution >= 4 is 17.9 Å². The maximum Gasteiger partial charge on any atom is 0.408 e. The molecule has 8 heteroatoms. The molecule has 0 bridgehead atoms. The zero-order chi connectivity index (χ0) is 29.2. The molecule has 0 aliphatic heterocycles. The minimum atomic E-state index is -0.997. The van der Waals surface area contributed by atoms with E-state index in [-0.39, 0.29) is 30.0 Å². The van der Waals surface area contributed by atoms with E-state index in [0.29, 0.717) is 13.0 Å². The molecule has 39 heavy (non-hydrogen) atoms. The van der Waals surface area contributed by atoms with Crippen LogP contribution in [-0.4, -0.2) is 52.1 Å². The lowest BCUT2D eigenvalue weighted by atomic mass is 9.96. The topological polar surface area (TPSA) is 108 Å². The van der Waals surface area contributed by atoms with E-state index in [4.69, 9.17) is 4.74 Å². The molecule has 0 aliphatic rings. The van der Waals surface area contributed by atoms with Crippen LogP contribution >= 0.6 is 0 Å². The molecule has 2 aromatic rings. The summed E-state index contributed by atoms with van der Waals surface area (Å²) in [6.45, 7) is 13.5. The van der Waals surface area contributed by atoms with Crippen molar-refractivity contribution in [3.63, 3.8) is 0 Å². The van der Waals surface area contributed by atoms with Gasteiger partial charge in [-0.05, 0) is 76.3 Å². The number of benzene rings is 2. The Morgan fingerprint density at radius 3 is 2.18 bits per heavy atom. The molecule has 3 amide bonds. The summed E-state index contributed by atoms with van der Waals surface area (Å²) in [5.41, 5.74) is 1.62. The number of nitrogens with zero attached hydrogens (tertiary/aromatic N) is 1. The monoisotopic (exact) mass is 539 g/mol. The number of hydrogen-bond acceptors (Lipinski definition) is 5. The average molecular weight is 540 g/mol. The van der Waals surface area contributed by atoms with Crippen molar-refractivity contribution in [2.24, 2.45) is 0 Å². The summed E-state index contributed by atoms with van der Waals surface area (Å²) in [6.07, 6.45) is 1.79. The highest BCUT2D eigenvalue weighted by Crippen LogP contribution is 2.27. The van der Waals surface area contributed by atoms with E-state index < -0.39 is 23.8 Å². The maximum atomic E-state index is 14.3. The summed E-state index contributed by atoms with van der Waals surface area (Å²) in [6, 6.07) is 12.1. The second-order valence-corrected chi connectivity index (χ2v) is 11.1. The zero-order valence-electron chi connectivity index (χ0n) is 24.4. The van der Waals surface area contributed by atoms with Crippen LogP contribution in [0.25, 0.3) is 0 Å². The molecule has 2 rings (SSSR count). The van der Waals surface area contributed by atoms with Gasteiger partial charge in [0.05, 0.1) is 0 Å². The Hall–Kier alpha value is -3.55. The fourth-order valence-electron chi connectivity index (χ4n) is 4.50. The zero-order valence-corrected chi connectivity index (χ0v) is 24.4. The number of amides is 3. The molecule has 3 unspecified atom stereocenters. The number of ether oxygens (including phenoxy) is 1. The van der Waals surface area contributed by atoms with Crippen LogP contribution < -0.4 is 10.6 Å². The normalized spacial score (nSPS) is 13.6. The fourth-order valence-corrected chi connectivity index (χ4v) is 4.50. The minimum absolute atomic E-state index is 0.0553. The van der Waals surface area contributed by atoms with Gasteiger partial charge in [-0.3, -0.25) is 9.59 Å². The molecule has 0 aliphatic carbocycles. The van der Waals surface area contributed by atoms with Crippen molar-refractivity contribution in [3.8, 4) is 5.75 Å². The Labute approximate surface area is 233 Å². The predicted octanol–water partition coefficient (Wildman–Crippen LogP) is 5.42. The number of carbonyl (C=O) groups is 3. The number of alkyl carbamates (subject to hydrolysis) is 1. The molecule has 0 saturated carbocycles. The van der Waals surface area contributed by atoms with Gasteiger partial charge >= 0.3 is 6.09 Å². The number of rotatable bonds is 12. The Balaban J connectivity index is 2.53. The summed E-state index contributed by atoms with van der Waals surface area (Å²) < 4.78 is 5.47. The Morgan fingerprint density at radius 1 is 0.974 bits per heavy atom. The van der Waals surface area contributed by atoms with Gasteiger partial charge in [0.15, 0.2) is 0 Å². The predicted molar refractivity (Wildman–Crippen MR) is 153 cm³/mol. The van der Waals surface area contributed by atoms with Gasteiger partial charge in [-0.2, -0.15) is 0 Å². The van der Waals surface area contributed by atoms with Crippen LogP contribution in [0.15, 0.2) is 48.5 Å². The van der Waals surface area contributed by atoms with E-state index in [1.54, 1.807) is 37.8 Å². The first-order chi connectivity index (χ1) is 18.4. The first-order valence-corrected chi connectivity index (χ1v) is 13.8. The van der Waals surface area contributed by atoms with Gasteiger partial charge in [-0.1, -0.05) is 56.7 Å². The highest BCUT2D eigenvalue weighted by molar-refractivity contribution is 5.92. The molecular formula is C31H45N3O5. The van der Waals surface area contributed by atoms with Crippen LogP contribution in [0.5, 0.6) is 5.75 Å². The Bertz CT molecular complexity index is 1090. The smallest absolute Gasteiger partial charge is 0.408 e. The lowest BCUT2D eigenvalue weighted by Gasteiger charge is -2.35. The van der Waals surface area contributed by atoms with Gasteiger partial charge in [0, 0.05) is 19.0 Å². The van der Waals surface area contributed by atoms with Crippen molar-refractivity contribution in [1.82, 2.24) is 15.5 Å². The number of aryl methyl sites for hydroxylation is 1. The summed E-state index contributed by atoms with van der Waals surface area (Å²) in [5.74, 6) is -0.540. The van der Waals surface area contributed by atoms with Crippen LogP contribution in [0.3, 0.4) is 0 Å². The molecule has 3 N–H and O–H groups in total. The lowest BCUT2D eigenvalue weighted by molar-refractivity contribution is -0.142. The summed E-state index contributed by atoms with van der Waals surface area (Å²) in [4.78, 5) is 42.4.